The van der Waals surface area contributed by atoms with E-state index in [0.29, 0.717) is 0 Å². The number of rotatable bonds is 5. The summed E-state index contributed by atoms with van der Waals surface area (Å²) in [4.78, 5) is 12.4. The number of methoxy groups -OCH3 is 1. The molecule has 0 aliphatic rings. The zero-order valence-corrected chi connectivity index (χ0v) is 10.8. The normalized spacial score (nSPS) is 10.7. The Labute approximate surface area is 113 Å². The zero-order chi connectivity index (χ0) is 14.7. The molecule has 1 aromatic carbocycles. The molecule has 0 saturated heterocycles. The van der Waals surface area contributed by atoms with Gasteiger partial charge in [-0.2, -0.15) is 13.9 Å². The number of hydrogen-bond donors (Lipinski definition) is 0. The van der Waals surface area contributed by atoms with Crippen molar-refractivity contribution in [1.82, 2.24) is 9.78 Å². The maximum absolute atomic E-state index is 12.4. The van der Waals surface area contributed by atoms with E-state index >= 15 is 0 Å². The molecule has 0 spiro atoms. The first-order valence-corrected chi connectivity index (χ1v) is 5.69. The summed E-state index contributed by atoms with van der Waals surface area (Å²) in [6.07, 6.45) is 1.38. The molecule has 0 amide bonds. The van der Waals surface area contributed by atoms with Crippen LogP contribution in [0.25, 0.3) is 0 Å². The van der Waals surface area contributed by atoms with Gasteiger partial charge in [0.1, 0.15) is 5.75 Å². The van der Waals surface area contributed by atoms with Crippen LogP contribution in [0.4, 0.5) is 8.78 Å². The minimum Gasteiger partial charge on any atom is -0.493 e. The fourth-order valence-electron chi connectivity index (χ4n) is 1.81. The van der Waals surface area contributed by atoms with Gasteiger partial charge in [-0.1, -0.05) is 12.1 Å². The van der Waals surface area contributed by atoms with E-state index in [9.17, 15) is 13.6 Å². The topological polar surface area (TPSA) is 53.4 Å². The highest BCUT2D eigenvalue weighted by atomic mass is 19.3. The molecule has 1 heterocycles. The SMILES string of the molecule is COc1cnn(C)c1C(=O)c1ccccc1OC(F)F. The number of ether oxygens (including phenoxy) is 2. The van der Waals surface area contributed by atoms with Crippen LogP contribution in [0.5, 0.6) is 11.5 Å². The summed E-state index contributed by atoms with van der Waals surface area (Å²) < 4.78 is 35.4. The molecule has 0 unspecified atom stereocenters. The Morgan fingerprint density at radius 3 is 2.65 bits per heavy atom. The summed E-state index contributed by atoms with van der Waals surface area (Å²) in [6.45, 7) is -3.00. The Hall–Kier alpha value is -2.44. The summed E-state index contributed by atoms with van der Waals surface area (Å²) in [5, 5.41) is 3.91. The summed E-state index contributed by atoms with van der Waals surface area (Å²) in [5.41, 5.74) is 0.188. The lowest BCUT2D eigenvalue weighted by Crippen LogP contribution is -2.12. The van der Waals surface area contributed by atoms with E-state index in [1.165, 1.54) is 36.2 Å². The summed E-state index contributed by atoms with van der Waals surface area (Å²) in [7, 11) is 2.96. The number of alkyl halides is 2. The molecule has 0 saturated carbocycles. The first-order chi connectivity index (χ1) is 9.54. The molecule has 0 fully saturated rings. The van der Waals surface area contributed by atoms with E-state index < -0.39 is 12.4 Å². The number of hydrogen-bond acceptors (Lipinski definition) is 4. The molecule has 2 aromatic rings. The van der Waals surface area contributed by atoms with Crippen molar-refractivity contribution in [3.63, 3.8) is 0 Å². The number of benzene rings is 1. The molecular formula is C13H12F2N2O3. The number of para-hydroxylation sites is 1. The lowest BCUT2D eigenvalue weighted by molar-refractivity contribution is -0.0501. The number of carbonyl (C=O) groups excluding carboxylic acids is 1. The first-order valence-electron chi connectivity index (χ1n) is 5.69. The van der Waals surface area contributed by atoms with Crippen LogP contribution in [0.3, 0.4) is 0 Å². The van der Waals surface area contributed by atoms with Crippen molar-refractivity contribution in [3.05, 3.63) is 41.7 Å². The molecule has 5 nitrogen and oxygen atoms in total. The van der Waals surface area contributed by atoms with E-state index in [2.05, 4.69) is 9.84 Å². The molecule has 0 aliphatic carbocycles. The Bertz CT molecular complexity index is 626. The standard InChI is InChI=1S/C13H12F2N2O3/c1-17-11(10(19-2)7-16-17)12(18)8-5-3-4-6-9(8)20-13(14)15/h3-7,13H,1-2H3. The lowest BCUT2D eigenvalue weighted by Gasteiger charge is -2.10. The fraction of sp³-hybridized carbons (Fsp3) is 0.231. The van der Waals surface area contributed by atoms with Crippen molar-refractivity contribution in [1.29, 1.82) is 0 Å². The third kappa shape index (κ3) is 2.61. The molecule has 1 aromatic heterocycles. The molecule has 20 heavy (non-hydrogen) atoms. The van der Waals surface area contributed by atoms with Gasteiger partial charge in [0, 0.05) is 7.05 Å². The van der Waals surface area contributed by atoms with Crippen molar-refractivity contribution in [2.24, 2.45) is 7.05 Å². The molecule has 0 aliphatic heterocycles. The van der Waals surface area contributed by atoms with Gasteiger partial charge in [-0.15, -0.1) is 0 Å². The van der Waals surface area contributed by atoms with Crippen molar-refractivity contribution in [2.45, 2.75) is 6.61 Å². The molecule has 7 heteroatoms. The van der Waals surface area contributed by atoms with Gasteiger partial charge in [0.25, 0.3) is 0 Å². The molecule has 2 rings (SSSR count). The molecule has 0 bridgehead atoms. The van der Waals surface area contributed by atoms with Crippen LogP contribution in [0.2, 0.25) is 0 Å². The van der Waals surface area contributed by atoms with Crippen LogP contribution >= 0.6 is 0 Å². The van der Waals surface area contributed by atoms with Gasteiger partial charge in [-0.3, -0.25) is 9.48 Å². The minimum atomic E-state index is -3.00. The van der Waals surface area contributed by atoms with Gasteiger partial charge in [0.15, 0.2) is 11.4 Å². The van der Waals surface area contributed by atoms with Gasteiger partial charge in [0.2, 0.25) is 5.78 Å². The molecular weight excluding hydrogens is 270 g/mol. The fourth-order valence-corrected chi connectivity index (χ4v) is 1.81. The van der Waals surface area contributed by atoms with Crippen molar-refractivity contribution in [3.8, 4) is 11.5 Å². The van der Waals surface area contributed by atoms with E-state index in [0.717, 1.165) is 0 Å². The monoisotopic (exact) mass is 282 g/mol. The van der Waals surface area contributed by atoms with Crippen LogP contribution in [0, 0.1) is 0 Å². The van der Waals surface area contributed by atoms with Crippen molar-refractivity contribution in [2.75, 3.05) is 7.11 Å². The van der Waals surface area contributed by atoms with Crippen LogP contribution in [0.15, 0.2) is 30.5 Å². The van der Waals surface area contributed by atoms with Gasteiger partial charge in [-0.05, 0) is 12.1 Å². The highest BCUT2D eigenvalue weighted by Crippen LogP contribution is 2.26. The minimum absolute atomic E-state index is 0.0229. The number of carbonyl (C=O) groups is 1. The quantitative estimate of drug-likeness (QED) is 0.789. The second-order valence-electron chi connectivity index (χ2n) is 3.89. The zero-order valence-electron chi connectivity index (χ0n) is 10.8. The second kappa shape index (κ2) is 5.68. The summed E-state index contributed by atoms with van der Waals surface area (Å²) in [6, 6.07) is 5.79. The highest BCUT2D eigenvalue weighted by Gasteiger charge is 2.23. The van der Waals surface area contributed by atoms with Gasteiger partial charge in [0.05, 0.1) is 18.9 Å². The lowest BCUT2D eigenvalue weighted by atomic mass is 10.1. The number of aromatic nitrogens is 2. The molecule has 106 valence electrons. The van der Waals surface area contributed by atoms with Crippen molar-refractivity contribution < 1.29 is 23.0 Å². The third-order valence-electron chi connectivity index (χ3n) is 2.69. The number of halogens is 2. The average molecular weight is 282 g/mol. The number of nitrogens with zero attached hydrogens (tertiary/aromatic N) is 2. The van der Waals surface area contributed by atoms with Gasteiger partial charge >= 0.3 is 6.61 Å². The first kappa shape index (κ1) is 14.0. The molecule has 0 N–H and O–H groups in total. The van der Waals surface area contributed by atoms with Crippen LogP contribution in [0.1, 0.15) is 16.1 Å². The van der Waals surface area contributed by atoms with Crippen LogP contribution in [-0.2, 0) is 7.05 Å². The highest BCUT2D eigenvalue weighted by molar-refractivity contribution is 6.11. The Balaban J connectivity index is 2.46. The second-order valence-corrected chi connectivity index (χ2v) is 3.89. The molecule has 0 radical (unpaired) electrons. The maximum Gasteiger partial charge on any atom is 0.387 e. The average Bonchev–Trinajstić information content (AvgIpc) is 2.79. The number of ketones is 1. The third-order valence-corrected chi connectivity index (χ3v) is 2.69. The molecule has 0 atom stereocenters. The van der Waals surface area contributed by atoms with E-state index in [-0.39, 0.29) is 22.8 Å². The van der Waals surface area contributed by atoms with Crippen molar-refractivity contribution >= 4 is 5.78 Å². The van der Waals surface area contributed by atoms with E-state index in [1.54, 1.807) is 13.1 Å². The van der Waals surface area contributed by atoms with Crippen LogP contribution in [-0.4, -0.2) is 29.3 Å². The largest absolute Gasteiger partial charge is 0.493 e. The maximum atomic E-state index is 12.4. The smallest absolute Gasteiger partial charge is 0.387 e. The Morgan fingerprint density at radius 1 is 1.30 bits per heavy atom. The Kier molecular flexibility index (Phi) is 3.97. The number of aryl methyl sites for hydroxylation is 1. The van der Waals surface area contributed by atoms with E-state index in [4.69, 9.17) is 4.74 Å². The van der Waals surface area contributed by atoms with Gasteiger partial charge in [-0.25, -0.2) is 0 Å². The van der Waals surface area contributed by atoms with Crippen LogP contribution < -0.4 is 9.47 Å². The Morgan fingerprint density at radius 2 is 2.00 bits per heavy atom. The summed E-state index contributed by atoms with van der Waals surface area (Å²) >= 11 is 0. The predicted molar refractivity (Wildman–Crippen MR) is 66.3 cm³/mol. The summed E-state index contributed by atoms with van der Waals surface area (Å²) in [5.74, 6) is -0.418. The van der Waals surface area contributed by atoms with E-state index in [1.807, 2.05) is 0 Å². The van der Waals surface area contributed by atoms with Gasteiger partial charge < -0.3 is 9.47 Å². The predicted octanol–water partition coefficient (Wildman–Crippen LogP) is 2.26.